The fraction of sp³-hybridized carbons (Fsp3) is 0.250. The van der Waals surface area contributed by atoms with E-state index in [0.717, 1.165) is 24.3 Å². The van der Waals surface area contributed by atoms with Gasteiger partial charge in [-0.2, -0.15) is 18.4 Å². The summed E-state index contributed by atoms with van der Waals surface area (Å²) in [6, 6.07) is 1.49. The van der Waals surface area contributed by atoms with Crippen LogP contribution < -0.4 is 0 Å². The number of allylic oxidation sites excluding steroid dienone is 2. The SMILES string of the molecule is N#CC1C=CC=CC1(N1C(=O)C=CC1=O)C(F)(F)F. The van der Waals surface area contributed by atoms with Gasteiger partial charge in [0.2, 0.25) is 0 Å². The normalized spacial score (nSPS) is 30.0. The molecule has 0 saturated carbocycles. The molecular formula is C12H7F3N2O2. The molecule has 0 radical (unpaired) electrons. The molecule has 2 amide bonds. The molecule has 19 heavy (non-hydrogen) atoms. The molecule has 1 heterocycles. The molecule has 0 aromatic heterocycles. The van der Waals surface area contributed by atoms with Crippen molar-refractivity contribution in [3.05, 3.63) is 36.5 Å². The Labute approximate surface area is 106 Å². The van der Waals surface area contributed by atoms with Crippen molar-refractivity contribution in [2.75, 3.05) is 0 Å². The maximum atomic E-state index is 13.4. The lowest BCUT2D eigenvalue weighted by molar-refractivity contribution is -0.219. The van der Waals surface area contributed by atoms with Crippen LogP contribution in [0.5, 0.6) is 0 Å². The van der Waals surface area contributed by atoms with Crippen LogP contribution in [0.2, 0.25) is 0 Å². The molecule has 2 unspecified atom stereocenters. The Morgan fingerprint density at radius 3 is 2.26 bits per heavy atom. The highest BCUT2D eigenvalue weighted by Crippen LogP contribution is 2.45. The number of imide groups is 1. The first-order valence-corrected chi connectivity index (χ1v) is 5.23. The maximum Gasteiger partial charge on any atom is 0.417 e. The summed E-state index contributed by atoms with van der Waals surface area (Å²) in [6.07, 6.45) is 0.603. The first-order chi connectivity index (χ1) is 8.84. The lowest BCUT2D eigenvalue weighted by Gasteiger charge is -2.42. The van der Waals surface area contributed by atoms with Gasteiger partial charge < -0.3 is 0 Å². The van der Waals surface area contributed by atoms with Gasteiger partial charge in [-0.3, -0.25) is 14.5 Å². The summed E-state index contributed by atoms with van der Waals surface area (Å²) in [4.78, 5) is 23.2. The fourth-order valence-corrected chi connectivity index (χ4v) is 2.15. The van der Waals surface area contributed by atoms with E-state index in [1.165, 1.54) is 12.1 Å². The van der Waals surface area contributed by atoms with E-state index in [4.69, 9.17) is 5.26 Å². The number of hydrogen-bond donors (Lipinski definition) is 0. The van der Waals surface area contributed by atoms with Crippen LogP contribution in [0.3, 0.4) is 0 Å². The molecule has 1 aliphatic carbocycles. The van der Waals surface area contributed by atoms with E-state index in [0.29, 0.717) is 6.08 Å². The minimum atomic E-state index is -4.95. The Morgan fingerprint density at radius 1 is 1.21 bits per heavy atom. The van der Waals surface area contributed by atoms with Gasteiger partial charge in [0, 0.05) is 12.2 Å². The Balaban J connectivity index is 2.64. The highest BCUT2D eigenvalue weighted by atomic mass is 19.4. The quantitative estimate of drug-likeness (QED) is 0.677. The summed E-state index contributed by atoms with van der Waals surface area (Å²) < 4.78 is 40.3. The molecule has 0 N–H and O–H groups in total. The van der Waals surface area contributed by atoms with Gasteiger partial charge in [-0.1, -0.05) is 18.2 Å². The molecule has 2 atom stereocenters. The van der Waals surface area contributed by atoms with Crippen molar-refractivity contribution in [1.29, 1.82) is 5.26 Å². The average Bonchev–Trinajstić information content (AvgIpc) is 2.67. The summed E-state index contributed by atoms with van der Waals surface area (Å²) >= 11 is 0. The zero-order valence-electron chi connectivity index (χ0n) is 9.39. The smallest absolute Gasteiger partial charge is 0.269 e. The van der Waals surface area contributed by atoms with Crippen LogP contribution in [0.25, 0.3) is 0 Å². The summed E-state index contributed by atoms with van der Waals surface area (Å²) in [5, 5.41) is 8.92. The molecule has 0 saturated heterocycles. The Bertz CT molecular complexity index is 551. The minimum absolute atomic E-state index is 0.0842. The van der Waals surface area contributed by atoms with E-state index in [1.54, 1.807) is 0 Å². The lowest BCUT2D eigenvalue weighted by atomic mass is 9.79. The van der Waals surface area contributed by atoms with Crippen molar-refractivity contribution in [3.8, 4) is 6.07 Å². The third kappa shape index (κ3) is 1.68. The number of amides is 2. The third-order valence-electron chi connectivity index (χ3n) is 3.01. The molecule has 4 nitrogen and oxygen atoms in total. The molecule has 0 bridgehead atoms. The van der Waals surface area contributed by atoms with Crippen molar-refractivity contribution < 1.29 is 22.8 Å². The molecule has 2 rings (SSSR count). The van der Waals surface area contributed by atoms with Gasteiger partial charge in [0.05, 0.1) is 6.07 Å². The van der Waals surface area contributed by atoms with Crippen molar-refractivity contribution in [1.82, 2.24) is 4.90 Å². The number of nitrogens with zero attached hydrogens (tertiary/aromatic N) is 2. The van der Waals surface area contributed by atoms with Crippen molar-refractivity contribution in [2.45, 2.75) is 11.7 Å². The van der Waals surface area contributed by atoms with E-state index in [9.17, 15) is 22.8 Å². The standard InChI is InChI=1S/C12H7F3N2O2/c13-12(14,15)11(6-2-1-3-8(11)7-16)17-9(18)4-5-10(17)19/h1-6,8H. The van der Waals surface area contributed by atoms with Crippen LogP contribution >= 0.6 is 0 Å². The number of carbonyl (C=O) groups excluding carboxylic acids is 2. The van der Waals surface area contributed by atoms with E-state index >= 15 is 0 Å². The van der Waals surface area contributed by atoms with Crippen molar-refractivity contribution in [2.24, 2.45) is 5.92 Å². The predicted molar refractivity (Wildman–Crippen MR) is 57.2 cm³/mol. The molecule has 0 fully saturated rings. The largest absolute Gasteiger partial charge is 0.417 e. The summed E-state index contributed by atoms with van der Waals surface area (Å²) in [7, 11) is 0. The zero-order chi connectivity index (χ0) is 14.3. The number of nitriles is 1. The highest BCUT2D eigenvalue weighted by Gasteiger charge is 2.65. The predicted octanol–water partition coefficient (Wildman–Crippen LogP) is 1.48. The van der Waals surface area contributed by atoms with Crippen molar-refractivity contribution in [3.63, 3.8) is 0 Å². The fourth-order valence-electron chi connectivity index (χ4n) is 2.15. The molecule has 0 aromatic rings. The highest BCUT2D eigenvalue weighted by molar-refractivity contribution is 6.14. The van der Waals surface area contributed by atoms with E-state index in [1.807, 2.05) is 0 Å². The molecule has 98 valence electrons. The van der Waals surface area contributed by atoms with Gasteiger partial charge in [-0.05, 0) is 6.08 Å². The Morgan fingerprint density at radius 2 is 1.79 bits per heavy atom. The van der Waals surface area contributed by atoms with Crippen LogP contribution in [0, 0.1) is 17.2 Å². The summed E-state index contributed by atoms with van der Waals surface area (Å²) in [6.45, 7) is 0. The molecule has 0 spiro atoms. The molecule has 2 aliphatic rings. The molecule has 7 heteroatoms. The maximum absolute atomic E-state index is 13.4. The minimum Gasteiger partial charge on any atom is -0.269 e. The van der Waals surface area contributed by atoms with Crippen LogP contribution in [0.15, 0.2) is 36.5 Å². The van der Waals surface area contributed by atoms with Crippen LogP contribution in [-0.4, -0.2) is 28.4 Å². The Hall–Kier alpha value is -2.36. The van der Waals surface area contributed by atoms with Crippen LogP contribution in [0.4, 0.5) is 13.2 Å². The number of carbonyl (C=O) groups is 2. The van der Waals surface area contributed by atoms with Crippen LogP contribution in [-0.2, 0) is 9.59 Å². The molecular weight excluding hydrogens is 261 g/mol. The van der Waals surface area contributed by atoms with E-state index in [2.05, 4.69) is 0 Å². The number of alkyl halides is 3. The van der Waals surface area contributed by atoms with Gasteiger partial charge in [-0.25, -0.2) is 0 Å². The molecule has 1 aliphatic heterocycles. The molecule has 0 aromatic carbocycles. The third-order valence-corrected chi connectivity index (χ3v) is 3.01. The van der Waals surface area contributed by atoms with Gasteiger partial charge >= 0.3 is 6.18 Å². The van der Waals surface area contributed by atoms with Gasteiger partial charge in [0.1, 0.15) is 5.92 Å². The van der Waals surface area contributed by atoms with Gasteiger partial charge in [0.25, 0.3) is 11.8 Å². The van der Waals surface area contributed by atoms with Crippen LogP contribution in [0.1, 0.15) is 0 Å². The number of rotatable bonds is 1. The van der Waals surface area contributed by atoms with E-state index < -0.39 is 29.4 Å². The van der Waals surface area contributed by atoms with Gasteiger partial charge in [0.15, 0.2) is 5.54 Å². The first kappa shape index (κ1) is 13.1. The van der Waals surface area contributed by atoms with Crippen molar-refractivity contribution >= 4 is 11.8 Å². The van der Waals surface area contributed by atoms with Gasteiger partial charge in [-0.15, -0.1) is 0 Å². The second kappa shape index (κ2) is 4.09. The lowest BCUT2D eigenvalue weighted by Crippen LogP contribution is -2.63. The average molecular weight is 268 g/mol. The Kier molecular flexibility index (Phi) is 2.81. The number of halogens is 3. The topological polar surface area (TPSA) is 61.2 Å². The number of hydrogen-bond acceptors (Lipinski definition) is 3. The monoisotopic (exact) mass is 268 g/mol. The second-order valence-corrected chi connectivity index (χ2v) is 4.02. The first-order valence-electron chi connectivity index (χ1n) is 5.23. The summed E-state index contributed by atoms with van der Waals surface area (Å²) in [5.74, 6) is -3.84. The zero-order valence-corrected chi connectivity index (χ0v) is 9.39. The van der Waals surface area contributed by atoms with E-state index in [-0.39, 0.29) is 4.90 Å². The second-order valence-electron chi connectivity index (χ2n) is 4.02. The summed E-state index contributed by atoms with van der Waals surface area (Å²) in [5.41, 5.74) is -2.95.